The van der Waals surface area contributed by atoms with Gasteiger partial charge in [-0.2, -0.15) is 5.26 Å². The van der Waals surface area contributed by atoms with Crippen molar-refractivity contribution in [1.82, 2.24) is 9.80 Å². The number of hydrogen-bond acceptors (Lipinski definition) is 4. The average Bonchev–Trinajstić information content (AvgIpc) is 2.71. The molecule has 2 aromatic rings. The lowest BCUT2D eigenvalue weighted by atomic mass is 10.0. The zero-order chi connectivity index (χ0) is 19.2. The lowest BCUT2D eigenvalue weighted by Crippen LogP contribution is -2.49. The molecule has 1 saturated heterocycles. The monoisotopic (exact) mass is 363 g/mol. The molecule has 5 nitrogen and oxygen atoms in total. The van der Waals surface area contributed by atoms with E-state index >= 15 is 0 Å². The van der Waals surface area contributed by atoms with Crippen molar-refractivity contribution < 1.29 is 9.53 Å². The highest BCUT2D eigenvalue weighted by Crippen LogP contribution is 2.24. The second-order valence-corrected chi connectivity index (χ2v) is 6.82. The quantitative estimate of drug-likeness (QED) is 0.820. The standard InChI is InChI=1S/C22H25N3O2/c1-17-5-3-4-6-19(17)15-22(26)25-13-11-24(12-14-25)21(16-23)18-7-9-20(27-2)10-8-18/h3-10,21H,11-15H2,1-2H3. The van der Waals surface area contributed by atoms with Crippen LogP contribution in [0.3, 0.4) is 0 Å². The van der Waals surface area contributed by atoms with E-state index < -0.39 is 0 Å². The molecule has 1 atom stereocenters. The average molecular weight is 363 g/mol. The molecule has 0 aliphatic carbocycles. The highest BCUT2D eigenvalue weighted by Gasteiger charge is 2.27. The van der Waals surface area contributed by atoms with Crippen molar-refractivity contribution in [2.24, 2.45) is 0 Å². The first-order valence-corrected chi connectivity index (χ1v) is 9.22. The third-order valence-electron chi connectivity index (χ3n) is 5.19. The third kappa shape index (κ3) is 4.47. The van der Waals surface area contributed by atoms with Gasteiger partial charge in [-0.1, -0.05) is 36.4 Å². The summed E-state index contributed by atoms with van der Waals surface area (Å²) in [5, 5.41) is 9.66. The summed E-state index contributed by atoms with van der Waals surface area (Å²) in [6, 6.07) is 17.7. The van der Waals surface area contributed by atoms with E-state index in [1.165, 1.54) is 0 Å². The number of hydrogen-bond donors (Lipinski definition) is 0. The molecule has 27 heavy (non-hydrogen) atoms. The molecular formula is C22H25N3O2. The third-order valence-corrected chi connectivity index (χ3v) is 5.19. The second kappa shape index (κ2) is 8.70. The summed E-state index contributed by atoms with van der Waals surface area (Å²) < 4.78 is 5.18. The maximum Gasteiger partial charge on any atom is 0.227 e. The van der Waals surface area contributed by atoms with E-state index in [1.54, 1.807) is 7.11 Å². The van der Waals surface area contributed by atoms with Crippen molar-refractivity contribution in [2.75, 3.05) is 33.3 Å². The number of nitrogens with zero attached hydrogens (tertiary/aromatic N) is 3. The highest BCUT2D eigenvalue weighted by atomic mass is 16.5. The first-order chi connectivity index (χ1) is 13.1. The summed E-state index contributed by atoms with van der Waals surface area (Å²) in [5.74, 6) is 0.934. The van der Waals surface area contributed by atoms with Gasteiger partial charge in [0.15, 0.2) is 0 Å². The van der Waals surface area contributed by atoms with Crippen molar-refractivity contribution >= 4 is 5.91 Å². The molecule has 0 saturated carbocycles. The molecule has 0 radical (unpaired) electrons. The molecule has 1 fully saturated rings. The van der Waals surface area contributed by atoms with Crippen LogP contribution in [-0.4, -0.2) is 49.0 Å². The fraction of sp³-hybridized carbons (Fsp3) is 0.364. The van der Waals surface area contributed by atoms with Gasteiger partial charge in [0.2, 0.25) is 5.91 Å². The van der Waals surface area contributed by atoms with Crippen molar-refractivity contribution in [3.05, 3.63) is 65.2 Å². The first-order valence-electron chi connectivity index (χ1n) is 9.22. The van der Waals surface area contributed by atoms with Gasteiger partial charge in [-0.25, -0.2) is 0 Å². The molecule has 2 aromatic carbocycles. The van der Waals surface area contributed by atoms with Crippen LogP contribution in [0.1, 0.15) is 22.7 Å². The maximum atomic E-state index is 12.6. The number of amides is 1. The number of carbonyl (C=O) groups is 1. The molecule has 5 heteroatoms. The predicted molar refractivity (Wildman–Crippen MR) is 104 cm³/mol. The van der Waals surface area contributed by atoms with Gasteiger partial charge in [0.05, 0.1) is 19.6 Å². The van der Waals surface area contributed by atoms with Crippen LogP contribution in [0, 0.1) is 18.3 Å². The predicted octanol–water partition coefficient (Wildman–Crippen LogP) is 2.96. The molecule has 1 aliphatic rings. The molecule has 3 rings (SSSR count). The minimum absolute atomic E-state index is 0.155. The van der Waals surface area contributed by atoms with Crippen LogP contribution in [0.25, 0.3) is 0 Å². The van der Waals surface area contributed by atoms with Crippen LogP contribution >= 0.6 is 0 Å². The van der Waals surface area contributed by atoms with E-state index in [4.69, 9.17) is 4.74 Å². The number of benzene rings is 2. The number of aryl methyl sites for hydroxylation is 1. The summed E-state index contributed by atoms with van der Waals surface area (Å²) >= 11 is 0. The smallest absolute Gasteiger partial charge is 0.227 e. The maximum absolute atomic E-state index is 12.6. The lowest BCUT2D eigenvalue weighted by Gasteiger charge is -2.37. The zero-order valence-electron chi connectivity index (χ0n) is 15.9. The van der Waals surface area contributed by atoms with E-state index in [9.17, 15) is 10.1 Å². The largest absolute Gasteiger partial charge is 0.497 e. The van der Waals surface area contributed by atoms with Crippen molar-refractivity contribution in [2.45, 2.75) is 19.4 Å². The van der Waals surface area contributed by atoms with E-state index in [-0.39, 0.29) is 11.9 Å². The molecule has 0 bridgehead atoms. The molecule has 1 heterocycles. The Morgan fingerprint density at radius 2 is 1.78 bits per heavy atom. The molecular weight excluding hydrogens is 338 g/mol. The number of rotatable bonds is 5. The Bertz CT molecular complexity index is 818. The second-order valence-electron chi connectivity index (χ2n) is 6.82. The van der Waals surface area contributed by atoms with Gasteiger partial charge in [0, 0.05) is 26.2 Å². The van der Waals surface area contributed by atoms with E-state index in [1.807, 2.05) is 60.4 Å². The summed E-state index contributed by atoms with van der Waals surface area (Å²) in [5.41, 5.74) is 3.18. The Hall–Kier alpha value is -2.84. The number of ether oxygens (including phenoxy) is 1. The van der Waals surface area contributed by atoms with E-state index in [0.29, 0.717) is 32.6 Å². The molecule has 1 aliphatic heterocycles. The molecule has 0 aromatic heterocycles. The highest BCUT2D eigenvalue weighted by molar-refractivity contribution is 5.79. The number of piperazine rings is 1. The molecule has 0 N–H and O–H groups in total. The van der Waals surface area contributed by atoms with Crippen LogP contribution in [0.5, 0.6) is 5.75 Å². The van der Waals surface area contributed by atoms with Gasteiger partial charge in [-0.15, -0.1) is 0 Å². The van der Waals surface area contributed by atoms with Crippen molar-refractivity contribution in [3.63, 3.8) is 0 Å². The van der Waals surface area contributed by atoms with Crippen LogP contribution in [-0.2, 0) is 11.2 Å². The fourth-order valence-corrected chi connectivity index (χ4v) is 3.47. The SMILES string of the molecule is COc1ccc(C(C#N)N2CCN(C(=O)Cc3ccccc3C)CC2)cc1. The zero-order valence-corrected chi connectivity index (χ0v) is 15.9. The van der Waals surface area contributed by atoms with Gasteiger partial charge in [-0.3, -0.25) is 9.69 Å². The normalized spacial score (nSPS) is 15.8. The Morgan fingerprint density at radius 3 is 2.37 bits per heavy atom. The van der Waals surface area contributed by atoms with Gasteiger partial charge < -0.3 is 9.64 Å². The Labute approximate surface area is 160 Å². The lowest BCUT2D eigenvalue weighted by molar-refractivity contribution is -0.132. The molecule has 140 valence electrons. The summed E-state index contributed by atoms with van der Waals surface area (Å²) in [6.45, 7) is 4.73. The van der Waals surface area contributed by atoms with Gasteiger partial charge >= 0.3 is 0 Å². The molecule has 0 spiro atoms. The summed E-state index contributed by atoms with van der Waals surface area (Å²) in [6.07, 6.45) is 0.437. The van der Waals surface area contributed by atoms with Gasteiger partial charge in [0.25, 0.3) is 0 Å². The van der Waals surface area contributed by atoms with E-state index in [2.05, 4.69) is 11.0 Å². The fourth-order valence-electron chi connectivity index (χ4n) is 3.47. The minimum atomic E-state index is -0.301. The topological polar surface area (TPSA) is 56.6 Å². The van der Waals surface area contributed by atoms with Gasteiger partial charge in [0.1, 0.15) is 11.8 Å². The van der Waals surface area contributed by atoms with Crippen LogP contribution in [0.4, 0.5) is 0 Å². The summed E-state index contributed by atoms with van der Waals surface area (Å²) in [4.78, 5) is 16.7. The molecule has 1 amide bonds. The summed E-state index contributed by atoms with van der Waals surface area (Å²) in [7, 11) is 1.63. The van der Waals surface area contributed by atoms with Crippen molar-refractivity contribution in [3.8, 4) is 11.8 Å². The molecule has 1 unspecified atom stereocenters. The Balaban J connectivity index is 1.59. The number of nitriles is 1. The number of carbonyl (C=O) groups excluding carboxylic acids is 1. The van der Waals surface area contributed by atoms with Crippen LogP contribution in [0.15, 0.2) is 48.5 Å². The van der Waals surface area contributed by atoms with Crippen LogP contribution < -0.4 is 4.74 Å². The minimum Gasteiger partial charge on any atom is -0.497 e. The Kier molecular flexibility index (Phi) is 6.10. The first kappa shape index (κ1) is 18.9. The van der Waals surface area contributed by atoms with Crippen LogP contribution in [0.2, 0.25) is 0 Å². The Morgan fingerprint density at radius 1 is 1.11 bits per heavy atom. The van der Waals surface area contributed by atoms with Crippen molar-refractivity contribution in [1.29, 1.82) is 5.26 Å². The van der Waals surface area contributed by atoms with E-state index in [0.717, 1.165) is 22.4 Å². The number of methoxy groups -OCH3 is 1. The van der Waals surface area contributed by atoms with Gasteiger partial charge in [-0.05, 0) is 35.7 Å².